The lowest BCUT2D eigenvalue weighted by molar-refractivity contribution is -0.0110. The number of ether oxygens (including phenoxy) is 1. The van der Waals surface area contributed by atoms with E-state index in [4.69, 9.17) is 9.84 Å². The summed E-state index contributed by atoms with van der Waals surface area (Å²) >= 11 is 1.76. The first-order valence-corrected chi connectivity index (χ1v) is 9.89. The number of hydrogen-bond acceptors (Lipinski definition) is 4. The zero-order valence-corrected chi connectivity index (χ0v) is 15.1. The summed E-state index contributed by atoms with van der Waals surface area (Å²) in [4.78, 5) is 16.7. The van der Waals surface area contributed by atoms with Crippen LogP contribution >= 0.6 is 11.3 Å². The van der Waals surface area contributed by atoms with Crippen molar-refractivity contribution < 1.29 is 14.6 Å². The van der Waals surface area contributed by atoms with Crippen molar-refractivity contribution in [3.05, 3.63) is 40.5 Å². The number of rotatable bonds is 5. The number of amides is 1. The second kappa shape index (κ2) is 7.32. The Bertz CT molecular complexity index is 738. The minimum Gasteiger partial charge on any atom is -0.394 e. The van der Waals surface area contributed by atoms with Crippen molar-refractivity contribution >= 4 is 17.2 Å². The fraction of sp³-hybridized carbons (Fsp3) is 0.526. The van der Waals surface area contributed by atoms with Gasteiger partial charge >= 0.3 is 0 Å². The normalized spacial score (nSPS) is 20.0. The highest BCUT2D eigenvalue weighted by Crippen LogP contribution is 2.38. The van der Waals surface area contributed by atoms with Crippen molar-refractivity contribution in [2.45, 2.75) is 38.2 Å². The molecule has 25 heavy (non-hydrogen) atoms. The summed E-state index contributed by atoms with van der Waals surface area (Å²) in [5, 5.41) is 10.0. The minimum absolute atomic E-state index is 0.0280. The van der Waals surface area contributed by atoms with Crippen LogP contribution in [0.1, 0.15) is 40.1 Å². The number of nitrogens with zero attached hydrogens (tertiary/aromatic N) is 2. The molecule has 1 aliphatic carbocycles. The van der Waals surface area contributed by atoms with Crippen molar-refractivity contribution in [1.29, 1.82) is 0 Å². The van der Waals surface area contributed by atoms with Crippen LogP contribution in [0, 0.1) is 0 Å². The lowest BCUT2D eigenvalue weighted by atomic mass is 10.0. The van der Waals surface area contributed by atoms with Crippen LogP contribution in [0.4, 0.5) is 0 Å². The standard InChI is InChI=1S/C19H24N2O3S/c22-11-12-24-14-5-4-10-21(13-14)18(23)17-15-6-3-7-16(15)25-19(17)20-8-1-2-9-20/h1-2,8-9,14,22H,3-7,10-13H2. The predicted molar refractivity (Wildman–Crippen MR) is 97.6 cm³/mol. The molecule has 2 aromatic heterocycles. The highest BCUT2D eigenvalue weighted by atomic mass is 32.1. The van der Waals surface area contributed by atoms with E-state index in [1.54, 1.807) is 11.3 Å². The topological polar surface area (TPSA) is 54.7 Å². The van der Waals surface area contributed by atoms with Gasteiger partial charge in [-0.05, 0) is 49.8 Å². The molecule has 1 amide bonds. The fourth-order valence-electron chi connectivity index (χ4n) is 3.90. The number of aryl methyl sites for hydroxylation is 1. The Morgan fingerprint density at radius 2 is 2.12 bits per heavy atom. The van der Waals surface area contributed by atoms with Gasteiger partial charge in [-0.3, -0.25) is 4.79 Å². The second-order valence-corrected chi connectivity index (χ2v) is 7.82. The van der Waals surface area contributed by atoms with Crippen molar-refractivity contribution in [1.82, 2.24) is 9.47 Å². The summed E-state index contributed by atoms with van der Waals surface area (Å²) < 4.78 is 7.75. The zero-order valence-electron chi connectivity index (χ0n) is 14.3. The highest BCUT2D eigenvalue weighted by molar-refractivity contribution is 7.15. The largest absolute Gasteiger partial charge is 0.394 e. The first-order chi connectivity index (χ1) is 12.3. The Balaban J connectivity index is 1.61. The van der Waals surface area contributed by atoms with E-state index in [0.29, 0.717) is 13.2 Å². The van der Waals surface area contributed by atoms with Gasteiger partial charge in [0, 0.05) is 30.4 Å². The van der Waals surface area contributed by atoms with Crippen LogP contribution in [0.3, 0.4) is 0 Å². The van der Waals surface area contributed by atoms with Gasteiger partial charge in [0.1, 0.15) is 5.00 Å². The SMILES string of the molecule is O=C(c1c(-n2cccc2)sc2c1CCC2)N1CCCC(OCCO)C1. The van der Waals surface area contributed by atoms with E-state index in [1.807, 2.05) is 29.4 Å². The Labute approximate surface area is 151 Å². The molecule has 2 aromatic rings. The molecular weight excluding hydrogens is 336 g/mol. The molecule has 1 fully saturated rings. The van der Waals surface area contributed by atoms with Gasteiger partial charge in [-0.2, -0.15) is 0 Å². The number of carbonyl (C=O) groups is 1. The van der Waals surface area contributed by atoms with Gasteiger partial charge in [0.2, 0.25) is 0 Å². The highest BCUT2D eigenvalue weighted by Gasteiger charge is 2.32. The van der Waals surface area contributed by atoms with Crippen molar-refractivity contribution in [3.63, 3.8) is 0 Å². The van der Waals surface area contributed by atoms with E-state index in [-0.39, 0.29) is 18.6 Å². The van der Waals surface area contributed by atoms with Crippen LogP contribution in [0.2, 0.25) is 0 Å². The summed E-state index contributed by atoms with van der Waals surface area (Å²) in [7, 11) is 0. The van der Waals surface area contributed by atoms with Crippen LogP contribution in [-0.4, -0.2) is 52.9 Å². The lowest BCUT2D eigenvalue weighted by Gasteiger charge is -2.33. The first-order valence-electron chi connectivity index (χ1n) is 9.07. The first kappa shape index (κ1) is 16.8. The van der Waals surface area contributed by atoms with Gasteiger partial charge < -0.3 is 19.3 Å². The van der Waals surface area contributed by atoms with Gasteiger partial charge in [0.15, 0.2) is 0 Å². The van der Waals surface area contributed by atoms with Crippen LogP contribution in [0.15, 0.2) is 24.5 Å². The van der Waals surface area contributed by atoms with Crippen molar-refractivity contribution in [3.8, 4) is 5.00 Å². The maximum atomic E-state index is 13.4. The number of hydrogen-bond donors (Lipinski definition) is 1. The average Bonchev–Trinajstić information content (AvgIpc) is 3.35. The Kier molecular flexibility index (Phi) is 4.92. The monoisotopic (exact) mass is 360 g/mol. The number of carbonyl (C=O) groups excluding carboxylic acids is 1. The number of thiophene rings is 1. The zero-order chi connectivity index (χ0) is 17.2. The third-order valence-electron chi connectivity index (χ3n) is 5.07. The quantitative estimate of drug-likeness (QED) is 0.892. The van der Waals surface area contributed by atoms with E-state index in [2.05, 4.69) is 4.57 Å². The number of likely N-dealkylation sites (tertiary alicyclic amines) is 1. The molecule has 1 atom stereocenters. The molecule has 6 heteroatoms. The summed E-state index contributed by atoms with van der Waals surface area (Å²) in [5.41, 5.74) is 2.16. The number of fused-ring (bicyclic) bond motifs is 1. The molecule has 4 rings (SSSR count). The number of piperidine rings is 1. The van der Waals surface area contributed by atoms with Gasteiger partial charge in [0.25, 0.3) is 5.91 Å². The van der Waals surface area contributed by atoms with Crippen molar-refractivity contribution in [2.24, 2.45) is 0 Å². The molecule has 5 nitrogen and oxygen atoms in total. The molecule has 1 unspecified atom stereocenters. The molecule has 3 heterocycles. The molecule has 0 spiro atoms. The van der Waals surface area contributed by atoms with Crippen LogP contribution in [-0.2, 0) is 17.6 Å². The van der Waals surface area contributed by atoms with Crippen LogP contribution in [0.5, 0.6) is 0 Å². The molecule has 1 N–H and O–H groups in total. The average molecular weight is 360 g/mol. The molecule has 2 aliphatic rings. The fourth-order valence-corrected chi connectivity index (χ4v) is 5.25. The second-order valence-electron chi connectivity index (χ2n) is 6.74. The number of aliphatic hydroxyl groups excluding tert-OH is 1. The molecule has 0 bridgehead atoms. The van der Waals surface area contributed by atoms with E-state index >= 15 is 0 Å². The van der Waals surface area contributed by atoms with E-state index in [0.717, 1.165) is 49.2 Å². The van der Waals surface area contributed by atoms with Gasteiger partial charge in [-0.15, -0.1) is 11.3 Å². The molecule has 0 saturated carbocycles. The molecule has 0 radical (unpaired) electrons. The van der Waals surface area contributed by atoms with Gasteiger partial charge in [-0.1, -0.05) is 0 Å². The maximum Gasteiger partial charge on any atom is 0.257 e. The Morgan fingerprint density at radius 3 is 2.92 bits per heavy atom. The summed E-state index contributed by atoms with van der Waals surface area (Å²) in [6.45, 7) is 1.78. The van der Waals surface area contributed by atoms with E-state index in [1.165, 1.54) is 10.4 Å². The summed E-state index contributed by atoms with van der Waals surface area (Å²) in [6.07, 6.45) is 9.21. The van der Waals surface area contributed by atoms with Crippen LogP contribution < -0.4 is 0 Å². The smallest absolute Gasteiger partial charge is 0.257 e. The molecule has 134 valence electrons. The Hall–Kier alpha value is -1.63. The third kappa shape index (κ3) is 3.26. The number of aromatic nitrogens is 1. The summed E-state index contributed by atoms with van der Waals surface area (Å²) in [5.74, 6) is 0.139. The van der Waals surface area contributed by atoms with Crippen LogP contribution in [0.25, 0.3) is 5.00 Å². The Morgan fingerprint density at radius 1 is 1.28 bits per heavy atom. The van der Waals surface area contributed by atoms with E-state index in [9.17, 15) is 4.79 Å². The van der Waals surface area contributed by atoms with E-state index < -0.39 is 0 Å². The third-order valence-corrected chi connectivity index (χ3v) is 6.37. The molecule has 1 aliphatic heterocycles. The maximum absolute atomic E-state index is 13.4. The van der Waals surface area contributed by atoms with Crippen molar-refractivity contribution in [2.75, 3.05) is 26.3 Å². The number of aliphatic hydroxyl groups is 1. The summed E-state index contributed by atoms with van der Waals surface area (Å²) in [6, 6.07) is 4.00. The molecule has 0 aromatic carbocycles. The molecule has 1 saturated heterocycles. The lowest BCUT2D eigenvalue weighted by Crippen LogP contribution is -2.43. The predicted octanol–water partition coefficient (Wildman–Crippen LogP) is 2.64. The molecular formula is C19H24N2O3S. The minimum atomic E-state index is 0.0280. The van der Waals surface area contributed by atoms with Gasteiger partial charge in [-0.25, -0.2) is 0 Å². The van der Waals surface area contributed by atoms with Gasteiger partial charge in [0.05, 0.1) is 24.9 Å².